The van der Waals surface area contributed by atoms with Crippen LogP contribution in [-0.4, -0.2) is 13.7 Å². The van der Waals surface area contributed by atoms with Crippen LogP contribution >= 0.6 is 31.9 Å². The molecule has 0 unspecified atom stereocenters. The Morgan fingerprint density at radius 2 is 1.76 bits per heavy atom. The van der Waals surface area contributed by atoms with Gasteiger partial charge < -0.3 is 0 Å². The van der Waals surface area contributed by atoms with Crippen molar-refractivity contribution in [3.63, 3.8) is 0 Å². The largest absolute Gasteiger partial charge is 0.280 e. The van der Waals surface area contributed by atoms with Crippen molar-refractivity contribution in [2.75, 3.05) is 10.1 Å². The summed E-state index contributed by atoms with van der Waals surface area (Å²) in [6.07, 6.45) is 1.93. The summed E-state index contributed by atoms with van der Waals surface area (Å²) in [7, 11) is -3.55. The van der Waals surface area contributed by atoms with E-state index in [9.17, 15) is 8.42 Å². The maximum atomic E-state index is 12.3. The molecule has 6 heteroatoms. The Labute approximate surface area is 142 Å². The van der Waals surface area contributed by atoms with Crippen molar-refractivity contribution in [3.8, 4) is 0 Å². The second-order valence-electron chi connectivity index (χ2n) is 4.55. The van der Waals surface area contributed by atoms with Gasteiger partial charge in [0.15, 0.2) is 0 Å². The zero-order valence-electron chi connectivity index (χ0n) is 11.2. The van der Waals surface area contributed by atoms with Crippen molar-refractivity contribution in [1.82, 2.24) is 0 Å². The lowest BCUT2D eigenvalue weighted by Crippen LogP contribution is -2.12. The van der Waals surface area contributed by atoms with E-state index in [0.29, 0.717) is 5.69 Å². The fourth-order valence-electron chi connectivity index (χ4n) is 1.89. The highest BCUT2D eigenvalue weighted by atomic mass is 79.9. The Balaban J connectivity index is 2.18. The lowest BCUT2D eigenvalue weighted by molar-refractivity contribution is 0.601. The summed E-state index contributed by atoms with van der Waals surface area (Å²) in [6.45, 7) is 0. The lowest BCUT2D eigenvalue weighted by Gasteiger charge is -2.09. The molecule has 0 aliphatic carbocycles. The smallest absolute Gasteiger partial charge is 0.261 e. The van der Waals surface area contributed by atoms with E-state index in [0.717, 1.165) is 28.2 Å². The number of rotatable bonds is 6. The topological polar surface area (TPSA) is 46.2 Å². The predicted molar refractivity (Wildman–Crippen MR) is 93.5 cm³/mol. The van der Waals surface area contributed by atoms with E-state index in [1.54, 1.807) is 30.3 Å². The average molecular weight is 433 g/mol. The molecule has 0 radical (unpaired) electrons. The molecule has 0 aromatic heterocycles. The van der Waals surface area contributed by atoms with E-state index in [2.05, 4.69) is 36.6 Å². The van der Waals surface area contributed by atoms with Gasteiger partial charge in [-0.3, -0.25) is 4.72 Å². The molecule has 0 bridgehead atoms. The molecular weight excluding hydrogens is 418 g/mol. The van der Waals surface area contributed by atoms with Crippen LogP contribution in [0.15, 0.2) is 57.9 Å². The van der Waals surface area contributed by atoms with E-state index in [4.69, 9.17) is 0 Å². The summed E-state index contributed by atoms with van der Waals surface area (Å²) in [6, 6.07) is 14.1. The molecule has 0 aliphatic heterocycles. The lowest BCUT2D eigenvalue weighted by atomic mass is 10.1. The summed E-state index contributed by atoms with van der Waals surface area (Å²) < 4.78 is 28.1. The van der Waals surface area contributed by atoms with E-state index in [1.807, 2.05) is 18.2 Å². The van der Waals surface area contributed by atoms with Crippen LogP contribution in [0.1, 0.15) is 12.0 Å². The number of anilines is 1. The molecule has 2 aromatic carbocycles. The third-order valence-corrected chi connectivity index (χ3v) is 5.39. The third kappa shape index (κ3) is 4.83. The van der Waals surface area contributed by atoms with E-state index < -0.39 is 10.0 Å². The van der Waals surface area contributed by atoms with Gasteiger partial charge in [-0.25, -0.2) is 8.42 Å². The predicted octanol–water partition coefficient (Wildman–Crippen LogP) is 4.58. The van der Waals surface area contributed by atoms with Gasteiger partial charge in [0.05, 0.1) is 4.90 Å². The first-order valence-corrected chi connectivity index (χ1v) is 9.84. The van der Waals surface area contributed by atoms with Crippen LogP contribution in [0.5, 0.6) is 0 Å². The highest BCUT2D eigenvalue weighted by molar-refractivity contribution is 9.10. The molecule has 21 heavy (non-hydrogen) atoms. The molecular formula is C15H15Br2NO2S. The molecule has 3 nitrogen and oxygen atoms in total. The van der Waals surface area contributed by atoms with E-state index in [-0.39, 0.29) is 4.90 Å². The quantitative estimate of drug-likeness (QED) is 0.679. The molecule has 0 saturated heterocycles. The average Bonchev–Trinajstić information content (AvgIpc) is 2.45. The number of hydrogen-bond donors (Lipinski definition) is 1. The van der Waals surface area contributed by atoms with Crippen molar-refractivity contribution < 1.29 is 8.42 Å². The second-order valence-corrected chi connectivity index (χ2v) is 7.94. The van der Waals surface area contributed by atoms with Crippen LogP contribution < -0.4 is 4.72 Å². The van der Waals surface area contributed by atoms with Gasteiger partial charge in [-0.1, -0.05) is 44.0 Å². The first kappa shape index (κ1) is 16.5. The SMILES string of the molecule is O=S(=O)(Nc1cccc(CCCBr)c1)c1ccc(Br)cc1. The van der Waals surface area contributed by atoms with Gasteiger partial charge in [0.25, 0.3) is 10.0 Å². The van der Waals surface area contributed by atoms with Gasteiger partial charge in [0, 0.05) is 15.5 Å². The molecule has 0 fully saturated rings. The molecule has 0 heterocycles. The van der Waals surface area contributed by atoms with Crippen LogP contribution in [0.2, 0.25) is 0 Å². The van der Waals surface area contributed by atoms with Crippen molar-refractivity contribution in [2.24, 2.45) is 0 Å². The Bertz CT molecular complexity index is 700. The van der Waals surface area contributed by atoms with Gasteiger partial charge in [0.2, 0.25) is 0 Å². The van der Waals surface area contributed by atoms with Gasteiger partial charge >= 0.3 is 0 Å². The minimum Gasteiger partial charge on any atom is -0.280 e. The minimum atomic E-state index is -3.55. The third-order valence-electron chi connectivity index (χ3n) is 2.90. The normalized spacial score (nSPS) is 11.3. The van der Waals surface area contributed by atoms with Crippen molar-refractivity contribution in [2.45, 2.75) is 17.7 Å². The monoisotopic (exact) mass is 431 g/mol. The zero-order chi connectivity index (χ0) is 15.3. The summed E-state index contributed by atoms with van der Waals surface area (Å²) in [4.78, 5) is 0.247. The van der Waals surface area contributed by atoms with Crippen molar-refractivity contribution in [3.05, 3.63) is 58.6 Å². The Hall–Kier alpha value is -0.850. The molecule has 1 N–H and O–H groups in total. The number of sulfonamides is 1. The van der Waals surface area contributed by atoms with Crippen LogP contribution in [0.4, 0.5) is 5.69 Å². The summed E-state index contributed by atoms with van der Waals surface area (Å²) in [5.41, 5.74) is 1.70. The van der Waals surface area contributed by atoms with Gasteiger partial charge in [-0.2, -0.15) is 0 Å². The fourth-order valence-corrected chi connectivity index (χ4v) is 3.48. The number of alkyl halides is 1. The van der Waals surface area contributed by atoms with Crippen LogP contribution in [0.25, 0.3) is 0 Å². The van der Waals surface area contributed by atoms with Crippen LogP contribution in [0.3, 0.4) is 0 Å². The number of halogens is 2. The second kappa shape index (κ2) is 7.42. The summed E-state index contributed by atoms with van der Waals surface area (Å²) in [5.74, 6) is 0. The van der Waals surface area contributed by atoms with Gasteiger partial charge in [0.1, 0.15) is 0 Å². The number of hydrogen-bond acceptors (Lipinski definition) is 2. The Morgan fingerprint density at radius 1 is 1.05 bits per heavy atom. The first-order chi connectivity index (χ1) is 10.0. The number of benzene rings is 2. The van der Waals surface area contributed by atoms with E-state index >= 15 is 0 Å². The maximum absolute atomic E-state index is 12.3. The fraction of sp³-hybridized carbons (Fsp3) is 0.200. The Kier molecular flexibility index (Phi) is 5.84. The van der Waals surface area contributed by atoms with Crippen molar-refractivity contribution in [1.29, 1.82) is 0 Å². The number of nitrogens with one attached hydrogen (secondary N) is 1. The first-order valence-electron chi connectivity index (χ1n) is 6.44. The molecule has 0 spiro atoms. The van der Waals surface area contributed by atoms with Gasteiger partial charge in [-0.05, 0) is 54.8 Å². The molecule has 0 aliphatic rings. The molecule has 0 amide bonds. The molecule has 2 aromatic rings. The Morgan fingerprint density at radius 3 is 2.43 bits per heavy atom. The van der Waals surface area contributed by atoms with Gasteiger partial charge in [-0.15, -0.1) is 0 Å². The highest BCUT2D eigenvalue weighted by Gasteiger charge is 2.13. The summed E-state index contributed by atoms with van der Waals surface area (Å²) in [5, 5.41) is 0.932. The summed E-state index contributed by atoms with van der Waals surface area (Å²) >= 11 is 6.69. The molecule has 2 rings (SSSR count). The van der Waals surface area contributed by atoms with E-state index in [1.165, 1.54) is 0 Å². The molecule has 0 saturated carbocycles. The maximum Gasteiger partial charge on any atom is 0.261 e. The minimum absolute atomic E-state index is 0.247. The van der Waals surface area contributed by atoms with Crippen LogP contribution in [-0.2, 0) is 16.4 Å². The standard InChI is InChI=1S/C15H15Br2NO2S/c16-10-2-4-12-3-1-5-14(11-12)18-21(19,20)15-8-6-13(17)7-9-15/h1,3,5-9,11,18H,2,4,10H2. The van der Waals surface area contributed by atoms with Crippen LogP contribution in [0, 0.1) is 0 Å². The number of aryl methyl sites for hydroxylation is 1. The van der Waals surface area contributed by atoms with Crippen molar-refractivity contribution >= 4 is 47.6 Å². The zero-order valence-corrected chi connectivity index (χ0v) is 15.2. The highest BCUT2D eigenvalue weighted by Crippen LogP contribution is 2.19. The molecule has 112 valence electrons. The molecule has 0 atom stereocenters.